The average molecular weight is 153 g/mol. The van der Waals surface area contributed by atoms with Gasteiger partial charge in [0.15, 0.2) is 0 Å². The van der Waals surface area contributed by atoms with Crippen LogP contribution >= 0.6 is 0 Å². The molecule has 2 heteroatoms. The van der Waals surface area contributed by atoms with Crippen LogP contribution in [0.15, 0.2) is 0 Å². The van der Waals surface area contributed by atoms with Gasteiger partial charge in [-0.1, -0.05) is 0 Å². The molecule has 0 spiro atoms. The highest BCUT2D eigenvalue weighted by Crippen LogP contribution is 2.43. The highest BCUT2D eigenvalue weighted by Gasteiger charge is 2.45. The molecule has 0 aromatic heterocycles. The van der Waals surface area contributed by atoms with E-state index in [0.29, 0.717) is 17.6 Å². The second-order valence-corrected chi connectivity index (χ2v) is 4.35. The fourth-order valence-corrected chi connectivity index (χ4v) is 2.55. The zero-order chi connectivity index (χ0) is 8.06. The zero-order valence-corrected chi connectivity index (χ0v) is 6.97. The van der Waals surface area contributed by atoms with Gasteiger partial charge in [0.05, 0.1) is 0 Å². The molecule has 3 aliphatic rings. The molecule has 3 saturated carbocycles. The molecule has 3 atom stereocenters. The molecule has 0 unspecified atom stereocenters. The molecule has 2 N–H and O–H groups in total. The molecule has 0 aromatic carbocycles. The first kappa shape index (κ1) is 7.29. The monoisotopic (exact) mass is 153 g/mol. The number of rotatable bonds is 0. The Morgan fingerprint density at radius 1 is 1.55 bits per heavy atom. The maximum Gasteiger partial charge on any atom is 0.136 e. The van der Waals surface area contributed by atoms with Crippen LogP contribution in [0.5, 0.6) is 0 Å². The minimum Gasteiger partial charge on any atom is -0.325 e. The fourth-order valence-electron chi connectivity index (χ4n) is 2.55. The molecule has 0 saturated heterocycles. The van der Waals surface area contributed by atoms with Gasteiger partial charge in [0.2, 0.25) is 0 Å². The maximum atomic E-state index is 11.3. The van der Waals surface area contributed by atoms with Crippen LogP contribution in [-0.4, -0.2) is 11.3 Å². The highest BCUT2D eigenvalue weighted by atomic mass is 16.1. The summed E-state index contributed by atoms with van der Waals surface area (Å²) in [5, 5.41) is 0. The number of hydrogen-bond donors (Lipinski definition) is 1. The number of fused-ring (bicyclic) bond motifs is 3. The van der Waals surface area contributed by atoms with E-state index in [-0.39, 0.29) is 5.54 Å². The van der Waals surface area contributed by atoms with E-state index in [4.69, 9.17) is 5.73 Å². The summed E-state index contributed by atoms with van der Waals surface area (Å²) in [4.78, 5) is 11.3. The van der Waals surface area contributed by atoms with E-state index in [0.717, 1.165) is 19.3 Å². The van der Waals surface area contributed by atoms with Crippen molar-refractivity contribution in [3.05, 3.63) is 0 Å². The molecule has 2 nitrogen and oxygen atoms in total. The van der Waals surface area contributed by atoms with Crippen LogP contribution in [0.2, 0.25) is 0 Å². The number of ketones is 1. The lowest BCUT2D eigenvalue weighted by atomic mass is 9.61. The molecule has 62 valence electrons. The first-order valence-electron chi connectivity index (χ1n) is 4.41. The average Bonchev–Trinajstić information content (AvgIpc) is 1.90. The first-order chi connectivity index (χ1) is 5.09. The summed E-state index contributed by atoms with van der Waals surface area (Å²) >= 11 is 0. The van der Waals surface area contributed by atoms with Crippen LogP contribution in [0.3, 0.4) is 0 Å². The summed E-state index contributed by atoms with van der Waals surface area (Å²) in [5.74, 6) is 1.24. The first-order valence-corrected chi connectivity index (χ1v) is 4.41. The van der Waals surface area contributed by atoms with Crippen molar-refractivity contribution in [3.8, 4) is 0 Å². The van der Waals surface area contributed by atoms with E-state index in [1.165, 1.54) is 6.42 Å². The van der Waals surface area contributed by atoms with Crippen LogP contribution in [0.25, 0.3) is 0 Å². The topological polar surface area (TPSA) is 43.1 Å². The molecule has 0 radical (unpaired) electrons. The summed E-state index contributed by atoms with van der Waals surface area (Å²) in [6, 6.07) is 0. The van der Waals surface area contributed by atoms with Gasteiger partial charge in [-0.25, -0.2) is 0 Å². The Morgan fingerprint density at radius 2 is 2.27 bits per heavy atom. The van der Waals surface area contributed by atoms with Crippen molar-refractivity contribution < 1.29 is 4.79 Å². The third-order valence-electron chi connectivity index (χ3n) is 3.39. The summed E-state index contributed by atoms with van der Waals surface area (Å²) in [7, 11) is 0. The minimum atomic E-state index is -0.0448. The largest absolute Gasteiger partial charge is 0.325 e. The number of carbonyl (C=O) groups is 1. The van der Waals surface area contributed by atoms with Gasteiger partial charge in [-0.15, -0.1) is 0 Å². The summed E-state index contributed by atoms with van der Waals surface area (Å²) in [5.41, 5.74) is 6.03. The number of nitrogens with two attached hydrogens (primary N) is 1. The maximum absolute atomic E-state index is 11.3. The molecule has 0 heterocycles. The number of carbonyl (C=O) groups excluding carboxylic acids is 1. The quantitative estimate of drug-likeness (QED) is 0.566. The Balaban J connectivity index is 2.23. The van der Waals surface area contributed by atoms with Crippen molar-refractivity contribution in [1.82, 2.24) is 0 Å². The van der Waals surface area contributed by atoms with Crippen LogP contribution < -0.4 is 5.73 Å². The lowest BCUT2D eigenvalue weighted by Gasteiger charge is -2.46. The Labute approximate surface area is 67.1 Å². The molecule has 3 rings (SSSR count). The summed E-state index contributed by atoms with van der Waals surface area (Å²) in [6.07, 6.45) is 3.94. The van der Waals surface area contributed by atoms with E-state index in [1.54, 1.807) is 0 Å². The van der Waals surface area contributed by atoms with Crippen LogP contribution in [0.4, 0.5) is 0 Å². The van der Waals surface area contributed by atoms with Gasteiger partial charge < -0.3 is 5.73 Å². The van der Waals surface area contributed by atoms with Crippen molar-refractivity contribution in [2.75, 3.05) is 0 Å². The van der Waals surface area contributed by atoms with Crippen LogP contribution in [0.1, 0.15) is 32.6 Å². The van der Waals surface area contributed by atoms with Crippen LogP contribution in [-0.2, 0) is 4.79 Å². The molecule has 11 heavy (non-hydrogen) atoms. The molecule has 3 fully saturated rings. The van der Waals surface area contributed by atoms with Gasteiger partial charge >= 0.3 is 0 Å². The van der Waals surface area contributed by atoms with E-state index in [1.807, 2.05) is 0 Å². The third-order valence-corrected chi connectivity index (χ3v) is 3.39. The lowest BCUT2D eigenvalue weighted by Crippen LogP contribution is -2.54. The van der Waals surface area contributed by atoms with E-state index >= 15 is 0 Å². The van der Waals surface area contributed by atoms with Gasteiger partial charge in [-0.05, 0) is 32.1 Å². The molecule has 0 aromatic rings. The van der Waals surface area contributed by atoms with E-state index < -0.39 is 0 Å². The molecule has 3 aliphatic carbocycles. The van der Waals surface area contributed by atoms with Gasteiger partial charge in [-0.3, -0.25) is 4.79 Å². The van der Waals surface area contributed by atoms with Crippen LogP contribution in [0, 0.1) is 11.8 Å². The van der Waals surface area contributed by atoms with Gasteiger partial charge in [0.25, 0.3) is 0 Å². The summed E-state index contributed by atoms with van der Waals surface area (Å²) in [6.45, 7) is 2.09. The minimum absolute atomic E-state index is 0.0448. The molecule has 0 aliphatic heterocycles. The summed E-state index contributed by atoms with van der Waals surface area (Å²) < 4.78 is 0. The standard InChI is InChI=1S/C9H15NO/c1-9(10)5-6-2-3-7(9)4-8(6)11/h6-7H,2-5,10H2,1H3/t6-,7-,9-/m1/s1. The normalized spacial score (nSPS) is 49.8. The third kappa shape index (κ3) is 1.00. The van der Waals surface area contributed by atoms with Gasteiger partial charge in [0, 0.05) is 17.9 Å². The Hall–Kier alpha value is -0.370. The Morgan fingerprint density at radius 3 is 2.55 bits per heavy atom. The molecular formula is C9H15NO. The van der Waals surface area contributed by atoms with Crippen molar-refractivity contribution >= 4 is 5.78 Å². The molecule has 0 amide bonds. The second kappa shape index (κ2) is 2.07. The number of hydrogen-bond acceptors (Lipinski definition) is 2. The predicted molar refractivity (Wildman–Crippen MR) is 43.0 cm³/mol. The Kier molecular flexibility index (Phi) is 1.37. The molecule has 2 bridgehead atoms. The van der Waals surface area contributed by atoms with E-state index in [2.05, 4.69) is 6.92 Å². The van der Waals surface area contributed by atoms with Crippen molar-refractivity contribution in [1.29, 1.82) is 0 Å². The number of Topliss-reactive ketones (excluding diaryl/α,β-unsaturated/α-hetero) is 1. The Bertz CT molecular complexity index is 198. The SMILES string of the molecule is C[C@@]1(N)C[C@H]2CC[C@@H]1CC2=O. The van der Waals surface area contributed by atoms with Crippen molar-refractivity contribution in [2.45, 2.75) is 38.1 Å². The highest BCUT2D eigenvalue weighted by molar-refractivity contribution is 5.83. The second-order valence-electron chi connectivity index (χ2n) is 4.35. The fraction of sp³-hybridized carbons (Fsp3) is 0.889. The van der Waals surface area contributed by atoms with Gasteiger partial charge in [-0.2, -0.15) is 0 Å². The lowest BCUT2D eigenvalue weighted by molar-refractivity contribution is -0.132. The molecular weight excluding hydrogens is 138 g/mol. The zero-order valence-electron chi connectivity index (χ0n) is 6.97. The van der Waals surface area contributed by atoms with Crippen molar-refractivity contribution in [3.63, 3.8) is 0 Å². The van der Waals surface area contributed by atoms with Gasteiger partial charge in [0.1, 0.15) is 5.78 Å². The smallest absolute Gasteiger partial charge is 0.136 e. The van der Waals surface area contributed by atoms with E-state index in [9.17, 15) is 4.79 Å². The predicted octanol–water partition coefficient (Wildman–Crippen LogP) is 1.09. The van der Waals surface area contributed by atoms with Crippen molar-refractivity contribution in [2.24, 2.45) is 17.6 Å².